The fourth-order valence-corrected chi connectivity index (χ4v) is 5.01. The van der Waals surface area contributed by atoms with Crippen LogP contribution in [0.15, 0.2) is 65.6 Å². The number of sulfonamides is 1. The molecule has 4 rings (SSSR count). The highest BCUT2D eigenvalue weighted by molar-refractivity contribution is 7.93. The average Bonchev–Trinajstić information content (AvgIpc) is 2.85. The fraction of sp³-hybridized carbons (Fsp3) is 0.100. The average molecular weight is 380 g/mol. The van der Waals surface area contributed by atoms with Gasteiger partial charge in [-0.1, -0.05) is 36.4 Å². The topological polar surface area (TPSA) is 83.6 Å². The van der Waals surface area contributed by atoms with Gasteiger partial charge in [0.1, 0.15) is 6.54 Å². The molecule has 136 valence electrons. The van der Waals surface area contributed by atoms with Crippen molar-refractivity contribution in [2.75, 3.05) is 16.2 Å². The summed E-state index contributed by atoms with van der Waals surface area (Å²) in [5.74, 6) is -0.700. The second-order valence-electron chi connectivity index (χ2n) is 6.29. The molecule has 3 aromatic carbocycles. The first-order valence-corrected chi connectivity index (χ1v) is 9.78. The molecule has 1 aliphatic rings. The third kappa shape index (κ3) is 2.76. The summed E-state index contributed by atoms with van der Waals surface area (Å²) in [6, 6.07) is 17.0. The third-order valence-electron chi connectivity index (χ3n) is 4.55. The van der Waals surface area contributed by atoms with E-state index in [1.54, 1.807) is 48.5 Å². The number of anilines is 2. The molecule has 27 heavy (non-hydrogen) atoms. The Bertz CT molecular complexity index is 1200. The molecule has 0 bridgehead atoms. The number of carbonyl (C=O) groups is 2. The second kappa shape index (κ2) is 6.21. The van der Waals surface area contributed by atoms with Crippen molar-refractivity contribution in [2.24, 2.45) is 0 Å². The summed E-state index contributed by atoms with van der Waals surface area (Å²) in [5.41, 5.74) is 1.22. The molecule has 1 aliphatic heterocycles. The van der Waals surface area contributed by atoms with Crippen molar-refractivity contribution in [3.05, 3.63) is 66.2 Å². The monoisotopic (exact) mass is 380 g/mol. The zero-order valence-corrected chi connectivity index (χ0v) is 15.3. The first-order valence-electron chi connectivity index (χ1n) is 8.34. The van der Waals surface area contributed by atoms with E-state index in [4.69, 9.17) is 0 Å². The van der Waals surface area contributed by atoms with E-state index in [1.807, 2.05) is 12.1 Å². The van der Waals surface area contributed by atoms with Crippen molar-refractivity contribution in [1.29, 1.82) is 0 Å². The van der Waals surface area contributed by atoms with Gasteiger partial charge in [-0.05, 0) is 36.6 Å². The van der Waals surface area contributed by atoms with Gasteiger partial charge in [0.25, 0.3) is 10.0 Å². The van der Waals surface area contributed by atoms with Crippen molar-refractivity contribution >= 4 is 43.9 Å². The van der Waals surface area contributed by atoms with Gasteiger partial charge in [-0.3, -0.25) is 13.9 Å². The van der Waals surface area contributed by atoms with Gasteiger partial charge >= 0.3 is 0 Å². The van der Waals surface area contributed by atoms with Crippen LogP contribution in [0.1, 0.15) is 17.3 Å². The summed E-state index contributed by atoms with van der Waals surface area (Å²) in [7, 11) is -3.81. The molecule has 6 nitrogen and oxygen atoms in total. The molecule has 0 aromatic heterocycles. The molecule has 3 aromatic rings. The van der Waals surface area contributed by atoms with Crippen molar-refractivity contribution < 1.29 is 18.0 Å². The molecule has 0 saturated heterocycles. The van der Waals surface area contributed by atoms with Crippen molar-refractivity contribution in [3.63, 3.8) is 0 Å². The summed E-state index contributed by atoms with van der Waals surface area (Å²) in [5, 5.41) is 4.08. The molecule has 0 unspecified atom stereocenters. The lowest BCUT2D eigenvalue weighted by atomic mass is 10.1. The lowest BCUT2D eigenvalue weighted by Gasteiger charge is -2.18. The first kappa shape index (κ1) is 17.2. The molecule has 0 spiro atoms. The highest BCUT2D eigenvalue weighted by atomic mass is 32.2. The number of carbonyl (C=O) groups excluding carboxylic acids is 2. The van der Waals surface area contributed by atoms with E-state index in [0.29, 0.717) is 22.3 Å². The highest BCUT2D eigenvalue weighted by Crippen LogP contribution is 2.41. The smallest absolute Gasteiger partial charge is 0.265 e. The van der Waals surface area contributed by atoms with E-state index in [2.05, 4.69) is 5.32 Å². The lowest BCUT2D eigenvalue weighted by molar-refractivity contribution is -0.114. The maximum atomic E-state index is 12.9. The summed E-state index contributed by atoms with van der Waals surface area (Å²) in [6.45, 7) is 1.04. The van der Waals surface area contributed by atoms with E-state index in [1.165, 1.54) is 6.92 Å². The molecule has 0 saturated carbocycles. The van der Waals surface area contributed by atoms with E-state index in [0.717, 1.165) is 9.69 Å². The quantitative estimate of drug-likeness (QED) is 0.705. The van der Waals surface area contributed by atoms with E-state index < -0.39 is 15.9 Å². The predicted molar refractivity (Wildman–Crippen MR) is 104 cm³/mol. The molecule has 0 radical (unpaired) electrons. The maximum Gasteiger partial charge on any atom is 0.265 e. The van der Waals surface area contributed by atoms with Gasteiger partial charge in [0.2, 0.25) is 5.91 Å². The number of Topliss-reactive ketones (excluding diaryl/α,β-unsaturated/α-hetero) is 1. The van der Waals surface area contributed by atoms with Crippen LogP contribution in [-0.2, 0) is 14.8 Å². The molecule has 0 fully saturated rings. The fourth-order valence-electron chi connectivity index (χ4n) is 3.35. The van der Waals surface area contributed by atoms with E-state index in [-0.39, 0.29) is 17.2 Å². The first-order chi connectivity index (χ1) is 12.9. The normalized spacial score (nSPS) is 14.3. The number of amides is 1. The molecule has 0 atom stereocenters. The minimum absolute atomic E-state index is 0.183. The Hall–Kier alpha value is -3.19. The Balaban J connectivity index is 1.67. The number of rotatable bonds is 4. The molecule has 1 amide bonds. The summed E-state index contributed by atoms with van der Waals surface area (Å²) in [4.78, 5) is 24.5. The summed E-state index contributed by atoms with van der Waals surface area (Å²) < 4.78 is 26.9. The number of nitrogens with zero attached hydrogens (tertiary/aromatic N) is 1. The number of ketones is 1. The zero-order valence-electron chi connectivity index (χ0n) is 14.5. The van der Waals surface area contributed by atoms with Gasteiger partial charge in [0, 0.05) is 10.9 Å². The van der Waals surface area contributed by atoms with E-state index >= 15 is 0 Å². The Morgan fingerprint density at radius 2 is 1.67 bits per heavy atom. The van der Waals surface area contributed by atoms with Crippen LogP contribution < -0.4 is 9.62 Å². The summed E-state index contributed by atoms with van der Waals surface area (Å²) >= 11 is 0. The van der Waals surface area contributed by atoms with Crippen LogP contribution >= 0.6 is 0 Å². The van der Waals surface area contributed by atoms with E-state index in [9.17, 15) is 18.0 Å². The van der Waals surface area contributed by atoms with Crippen LogP contribution in [0.2, 0.25) is 0 Å². The zero-order chi connectivity index (χ0) is 19.2. The van der Waals surface area contributed by atoms with Gasteiger partial charge in [0.05, 0.1) is 16.3 Å². The lowest BCUT2D eigenvalue weighted by Crippen LogP contribution is -2.35. The Labute approximate surface area is 156 Å². The number of benzene rings is 3. The SMILES string of the molecule is CC(=O)c1ccccc1NC(=O)CN1c2cccc3cccc(c23)S1(=O)=O. The van der Waals surface area contributed by atoms with Crippen molar-refractivity contribution in [1.82, 2.24) is 0 Å². The minimum Gasteiger partial charge on any atom is -0.324 e. The highest BCUT2D eigenvalue weighted by Gasteiger charge is 2.36. The largest absolute Gasteiger partial charge is 0.324 e. The van der Waals surface area contributed by atoms with Crippen LogP contribution in [0.5, 0.6) is 0 Å². The molecule has 7 heteroatoms. The maximum absolute atomic E-state index is 12.9. The van der Waals surface area contributed by atoms with Crippen molar-refractivity contribution in [3.8, 4) is 0 Å². The number of nitrogens with one attached hydrogen (secondary N) is 1. The Morgan fingerprint density at radius 1 is 0.963 bits per heavy atom. The standard InChI is InChI=1S/C20H16N2O4S/c1-13(23)15-8-2-3-9-16(15)21-19(24)12-22-17-10-4-6-14-7-5-11-18(20(14)17)27(22,25)26/h2-11H,12H2,1H3,(H,21,24). The molecule has 1 N–H and O–H groups in total. The van der Waals surface area contributed by atoms with Gasteiger partial charge in [-0.2, -0.15) is 0 Å². The van der Waals surface area contributed by atoms with Gasteiger partial charge in [-0.25, -0.2) is 8.42 Å². The second-order valence-corrected chi connectivity index (χ2v) is 8.12. The van der Waals surface area contributed by atoms with Gasteiger partial charge in [0.15, 0.2) is 5.78 Å². The molecular formula is C20H16N2O4S. The summed E-state index contributed by atoms with van der Waals surface area (Å²) in [6.07, 6.45) is 0. The van der Waals surface area contributed by atoms with Crippen LogP contribution in [0.4, 0.5) is 11.4 Å². The van der Waals surface area contributed by atoms with Crippen LogP contribution in [-0.4, -0.2) is 26.7 Å². The Morgan fingerprint density at radius 3 is 2.41 bits per heavy atom. The molecular weight excluding hydrogens is 364 g/mol. The number of hydrogen-bond donors (Lipinski definition) is 1. The van der Waals surface area contributed by atoms with Crippen LogP contribution in [0.3, 0.4) is 0 Å². The van der Waals surface area contributed by atoms with Crippen LogP contribution in [0.25, 0.3) is 10.8 Å². The third-order valence-corrected chi connectivity index (χ3v) is 6.35. The van der Waals surface area contributed by atoms with Gasteiger partial charge in [-0.15, -0.1) is 0 Å². The predicted octanol–water partition coefficient (Wildman–Crippen LogP) is 3.19. The minimum atomic E-state index is -3.81. The number of para-hydroxylation sites is 1. The molecule has 1 heterocycles. The van der Waals surface area contributed by atoms with Gasteiger partial charge < -0.3 is 5.32 Å². The molecule has 0 aliphatic carbocycles. The Kier molecular flexibility index (Phi) is 3.96. The van der Waals surface area contributed by atoms with Crippen molar-refractivity contribution in [2.45, 2.75) is 11.8 Å². The number of hydrogen-bond acceptors (Lipinski definition) is 4. The van der Waals surface area contributed by atoms with Crippen LogP contribution in [0, 0.1) is 0 Å².